The van der Waals surface area contributed by atoms with Gasteiger partial charge in [0.25, 0.3) is 0 Å². The van der Waals surface area contributed by atoms with Gasteiger partial charge in [-0.3, -0.25) is 0 Å². The summed E-state index contributed by atoms with van der Waals surface area (Å²) >= 11 is 8.09. The Labute approximate surface area is 163 Å². The Hall–Kier alpha value is -2.10. The molecule has 3 aromatic rings. The van der Waals surface area contributed by atoms with Crippen LogP contribution in [0.2, 0.25) is 5.02 Å². The van der Waals surface area contributed by atoms with E-state index in [0.29, 0.717) is 0 Å². The number of hydrogen-bond donors (Lipinski definition) is 0. The number of ether oxygens (including phenoxy) is 1. The lowest BCUT2D eigenvalue weighted by atomic mass is 10.1. The molecule has 0 aliphatic carbocycles. The van der Waals surface area contributed by atoms with Crippen molar-refractivity contribution in [2.75, 3.05) is 18.6 Å². The predicted octanol–water partition coefficient (Wildman–Crippen LogP) is 6.58. The highest BCUT2D eigenvalue weighted by Gasteiger charge is 2.22. The number of halogens is 1. The fraction of sp³-hybridized carbons (Fsp3) is 0.182. The van der Waals surface area contributed by atoms with Crippen LogP contribution in [0.1, 0.15) is 12.0 Å². The van der Waals surface area contributed by atoms with Crippen LogP contribution < -0.4 is 9.64 Å². The molecule has 2 nitrogen and oxygen atoms in total. The molecule has 0 radical (unpaired) electrons. The molecular weight excluding hydrogens is 362 g/mol. The van der Waals surface area contributed by atoms with E-state index < -0.39 is 0 Å². The fourth-order valence-corrected chi connectivity index (χ4v) is 4.52. The highest BCUT2D eigenvalue weighted by molar-refractivity contribution is 7.99. The molecule has 4 heteroatoms. The third-order valence-electron chi connectivity index (χ3n) is 4.59. The lowest BCUT2D eigenvalue weighted by Gasteiger charge is -2.33. The van der Waals surface area contributed by atoms with Crippen LogP contribution in [0.3, 0.4) is 0 Å². The Balaban J connectivity index is 1.54. The van der Waals surface area contributed by atoms with Gasteiger partial charge in [-0.15, -0.1) is 0 Å². The normalized spacial score (nSPS) is 12.5. The maximum absolute atomic E-state index is 6.28. The lowest BCUT2D eigenvalue weighted by molar-refractivity contribution is 0.414. The smallest absolute Gasteiger partial charge is 0.118 e. The molecule has 0 fully saturated rings. The van der Waals surface area contributed by atoms with Gasteiger partial charge >= 0.3 is 0 Å². The van der Waals surface area contributed by atoms with Crippen molar-refractivity contribution in [3.8, 4) is 5.75 Å². The average molecular weight is 382 g/mol. The van der Waals surface area contributed by atoms with Crippen LogP contribution >= 0.6 is 23.4 Å². The monoisotopic (exact) mass is 381 g/mol. The maximum atomic E-state index is 6.28. The summed E-state index contributed by atoms with van der Waals surface area (Å²) < 4.78 is 5.24. The zero-order valence-corrected chi connectivity index (χ0v) is 16.2. The molecule has 1 heterocycles. The van der Waals surface area contributed by atoms with E-state index in [1.54, 1.807) is 7.11 Å². The molecule has 0 atom stereocenters. The standard InChI is InChI=1S/C22H20ClNOS/c1-25-18-11-8-16(9-12-18)5-4-14-24-19-6-2-3-7-21(19)26-22-13-10-17(23)15-20(22)24/h2-3,6-13,15H,4-5,14H2,1H3. The summed E-state index contributed by atoms with van der Waals surface area (Å²) in [5.74, 6) is 0.902. The molecule has 132 valence electrons. The van der Waals surface area contributed by atoms with Gasteiger partial charge in [-0.05, 0) is 60.9 Å². The number of para-hydroxylation sites is 1. The zero-order chi connectivity index (χ0) is 17.9. The Morgan fingerprint density at radius 2 is 1.69 bits per heavy atom. The number of anilines is 2. The molecule has 0 saturated heterocycles. The van der Waals surface area contributed by atoms with Gasteiger partial charge in [0.05, 0.1) is 18.5 Å². The van der Waals surface area contributed by atoms with Crippen LogP contribution in [-0.4, -0.2) is 13.7 Å². The van der Waals surface area contributed by atoms with Gasteiger partial charge in [0.15, 0.2) is 0 Å². The highest BCUT2D eigenvalue weighted by atomic mass is 35.5. The van der Waals surface area contributed by atoms with Gasteiger partial charge in [0.2, 0.25) is 0 Å². The molecule has 26 heavy (non-hydrogen) atoms. The van der Waals surface area contributed by atoms with Crippen LogP contribution in [0.25, 0.3) is 0 Å². The van der Waals surface area contributed by atoms with Crippen LogP contribution in [0.4, 0.5) is 11.4 Å². The quantitative estimate of drug-likeness (QED) is 0.495. The largest absolute Gasteiger partial charge is 0.497 e. The number of benzene rings is 3. The minimum atomic E-state index is 0.781. The lowest BCUT2D eigenvalue weighted by Crippen LogP contribution is -2.22. The Morgan fingerprint density at radius 1 is 0.923 bits per heavy atom. The van der Waals surface area contributed by atoms with Crippen LogP contribution in [0.5, 0.6) is 5.75 Å². The van der Waals surface area contributed by atoms with E-state index in [1.807, 2.05) is 30.0 Å². The van der Waals surface area contributed by atoms with Crippen LogP contribution in [0, 0.1) is 0 Å². The first-order valence-corrected chi connectivity index (χ1v) is 9.91. The number of hydrogen-bond acceptors (Lipinski definition) is 3. The van der Waals surface area contributed by atoms with Gasteiger partial charge < -0.3 is 9.64 Å². The summed E-state index contributed by atoms with van der Waals surface area (Å²) in [7, 11) is 1.70. The summed E-state index contributed by atoms with van der Waals surface area (Å²) in [6.07, 6.45) is 2.10. The summed E-state index contributed by atoms with van der Waals surface area (Å²) in [4.78, 5) is 4.96. The average Bonchev–Trinajstić information content (AvgIpc) is 2.68. The number of rotatable bonds is 5. The van der Waals surface area contributed by atoms with E-state index in [-0.39, 0.29) is 0 Å². The summed E-state index contributed by atoms with van der Waals surface area (Å²) in [6.45, 7) is 0.955. The predicted molar refractivity (Wildman–Crippen MR) is 110 cm³/mol. The van der Waals surface area contributed by atoms with E-state index in [2.05, 4.69) is 53.4 Å². The van der Waals surface area contributed by atoms with Gasteiger partial charge in [0, 0.05) is 21.4 Å². The zero-order valence-electron chi connectivity index (χ0n) is 14.6. The molecule has 1 aliphatic heterocycles. The SMILES string of the molecule is COc1ccc(CCCN2c3ccccc3Sc3ccc(Cl)cc32)cc1. The molecule has 0 amide bonds. The van der Waals surface area contributed by atoms with E-state index in [9.17, 15) is 0 Å². The molecule has 0 unspecified atom stereocenters. The van der Waals surface area contributed by atoms with Crippen molar-refractivity contribution in [1.29, 1.82) is 0 Å². The Morgan fingerprint density at radius 3 is 2.50 bits per heavy atom. The molecule has 0 aromatic heterocycles. The number of aryl methyl sites for hydroxylation is 1. The molecule has 3 aromatic carbocycles. The fourth-order valence-electron chi connectivity index (χ4n) is 3.28. The van der Waals surface area contributed by atoms with Crippen molar-refractivity contribution in [1.82, 2.24) is 0 Å². The summed E-state index contributed by atoms with van der Waals surface area (Å²) in [5, 5.41) is 0.781. The van der Waals surface area contributed by atoms with E-state index in [1.165, 1.54) is 26.7 Å². The topological polar surface area (TPSA) is 12.5 Å². The van der Waals surface area contributed by atoms with E-state index in [0.717, 1.165) is 30.2 Å². The van der Waals surface area contributed by atoms with Crippen molar-refractivity contribution < 1.29 is 4.74 Å². The first-order chi connectivity index (χ1) is 12.7. The third kappa shape index (κ3) is 3.55. The van der Waals surface area contributed by atoms with E-state index >= 15 is 0 Å². The summed E-state index contributed by atoms with van der Waals surface area (Å²) in [6, 6.07) is 23.1. The van der Waals surface area contributed by atoms with Gasteiger partial charge in [-0.2, -0.15) is 0 Å². The molecule has 0 saturated carbocycles. The Kier molecular flexibility index (Phi) is 5.09. The van der Waals surface area contributed by atoms with Gasteiger partial charge in [-0.25, -0.2) is 0 Å². The second kappa shape index (κ2) is 7.65. The first-order valence-electron chi connectivity index (χ1n) is 8.71. The Bertz CT molecular complexity index is 910. The molecule has 4 rings (SSSR count). The molecule has 0 spiro atoms. The van der Waals surface area contributed by atoms with Gasteiger partial charge in [0.1, 0.15) is 5.75 Å². The minimum Gasteiger partial charge on any atom is -0.497 e. The second-order valence-corrected chi connectivity index (χ2v) is 7.81. The minimum absolute atomic E-state index is 0.781. The van der Waals surface area contributed by atoms with Crippen molar-refractivity contribution in [3.05, 3.63) is 77.3 Å². The van der Waals surface area contributed by atoms with Crippen LogP contribution in [0.15, 0.2) is 76.5 Å². The second-order valence-electron chi connectivity index (χ2n) is 6.29. The number of methoxy groups -OCH3 is 1. The third-order valence-corrected chi connectivity index (χ3v) is 5.96. The summed E-state index contributed by atoms with van der Waals surface area (Å²) in [5.41, 5.74) is 3.80. The molecule has 1 aliphatic rings. The highest BCUT2D eigenvalue weighted by Crippen LogP contribution is 2.48. The van der Waals surface area contributed by atoms with Crippen molar-refractivity contribution in [2.24, 2.45) is 0 Å². The van der Waals surface area contributed by atoms with Gasteiger partial charge in [-0.1, -0.05) is 47.6 Å². The molecule has 0 bridgehead atoms. The van der Waals surface area contributed by atoms with Crippen molar-refractivity contribution in [3.63, 3.8) is 0 Å². The van der Waals surface area contributed by atoms with Crippen molar-refractivity contribution in [2.45, 2.75) is 22.6 Å². The van der Waals surface area contributed by atoms with Crippen LogP contribution in [-0.2, 0) is 6.42 Å². The molecule has 0 N–H and O–H groups in total. The van der Waals surface area contributed by atoms with Crippen molar-refractivity contribution >= 4 is 34.7 Å². The molecular formula is C22H20ClNOS. The van der Waals surface area contributed by atoms with E-state index in [4.69, 9.17) is 16.3 Å². The first kappa shape index (κ1) is 17.3. The number of fused-ring (bicyclic) bond motifs is 2. The number of nitrogens with zero attached hydrogens (tertiary/aromatic N) is 1. The maximum Gasteiger partial charge on any atom is 0.118 e.